The first-order valence-electron chi connectivity index (χ1n) is 4.17. The van der Waals surface area contributed by atoms with Gasteiger partial charge < -0.3 is 5.11 Å². The Balaban J connectivity index is 2.99. The molecule has 70 valence electrons. The zero-order valence-electron chi connectivity index (χ0n) is 7.32. The molecule has 0 saturated carbocycles. The standard InChI is InChI=1S/C10H12O3/c1-2-3-8-9(6-12)7(5-11)4-10(8)13/h2,6-7,11H,1,3-5H2/t7-/m0/s1. The Bertz CT molecular complexity index is 276. The molecule has 13 heavy (non-hydrogen) atoms. The fraction of sp³-hybridized carbons (Fsp3) is 0.400. The van der Waals surface area contributed by atoms with Gasteiger partial charge in [-0.1, -0.05) is 6.08 Å². The van der Waals surface area contributed by atoms with Gasteiger partial charge in [0.2, 0.25) is 0 Å². The van der Waals surface area contributed by atoms with Crippen LogP contribution in [0.5, 0.6) is 0 Å². The second-order valence-corrected chi connectivity index (χ2v) is 3.05. The van der Waals surface area contributed by atoms with Crippen molar-refractivity contribution in [1.82, 2.24) is 0 Å². The molecule has 0 heterocycles. The highest BCUT2D eigenvalue weighted by molar-refractivity contribution is 6.04. The van der Waals surface area contributed by atoms with Crippen molar-refractivity contribution in [3.05, 3.63) is 23.8 Å². The SMILES string of the molecule is C=CCC1=C(C=O)[C@H](CO)CC1=O. The summed E-state index contributed by atoms with van der Waals surface area (Å²) < 4.78 is 0. The first-order chi connectivity index (χ1) is 6.24. The second-order valence-electron chi connectivity index (χ2n) is 3.05. The number of allylic oxidation sites excluding steroid dienone is 2. The number of hydrogen-bond acceptors (Lipinski definition) is 3. The van der Waals surface area contributed by atoms with E-state index in [1.807, 2.05) is 0 Å². The van der Waals surface area contributed by atoms with Crippen LogP contribution in [0.2, 0.25) is 0 Å². The minimum absolute atomic E-state index is 0.0407. The van der Waals surface area contributed by atoms with E-state index in [9.17, 15) is 9.59 Å². The summed E-state index contributed by atoms with van der Waals surface area (Å²) in [6.07, 6.45) is 2.94. The maximum Gasteiger partial charge on any atom is 0.160 e. The molecule has 0 radical (unpaired) electrons. The largest absolute Gasteiger partial charge is 0.396 e. The van der Waals surface area contributed by atoms with Crippen molar-refractivity contribution in [2.24, 2.45) is 5.92 Å². The molecular formula is C10H12O3. The van der Waals surface area contributed by atoms with Crippen molar-refractivity contribution >= 4 is 12.1 Å². The summed E-state index contributed by atoms with van der Waals surface area (Å²) in [6.45, 7) is 3.37. The maximum absolute atomic E-state index is 11.3. The van der Waals surface area contributed by atoms with Crippen LogP contribution in [-0.4, -0.2) is 23.8 Å². The Morgan fingerprint density at radius 1 is 1.62 bits per heavy atom. The van der Waals surface area contributed by atoms with Crippen LogP contribution < -0.4 is 0 Å². The van der Waals surface area contributed by atoms with Crippen LogP contribution in [0.15, 0.2) is 23.8 Å². The minimum atomic E-state index is -0.292. The van der Waals surface area contributed by atoms with Crippen molar-refractivity contribution < 1.29 is 14.7 Å². The van der Waals surface area contributed by atoms with Gasteiger partial charge in [-0.25, -0.2) is 0 Å². The van der Waals surface area contributed by atoms with Gasteiger partial charge in [0, 0.05) is 23.5 Å². The molecule has 0 aliphatic heterocycles. The van der Waals surface area contributed by atoms with Gasteiger partial charge in [0.15, 0.2) is 5.78 Å². The van der Waals surface area contributed by atoms with E-state index in [1.54, 1.807) is 6.08 Å². The van der Waals surface area contributed by atoms with Gasteiger partial charge in [-0.15, -0.1) is 6.58 Å². The van der Waals surface area contributed by atoms with Gasteiger partial charge in [0.05, 0.1) is 6.61 Å². The summed E-state index contributed by atoms with van der Waals surface area (Å²) in [7, 11) is 0. The molecule has 0 saturated heterocycles. The first kappa shape index (κ1) is 9.86. The van der Waals surface area contributed by atoms with Gasteiger partial charge in [0.1, 0.15) is 6.29 Å². The number of rotatable bonds is 4. The molecule has 0 unspecified atom stereocenters. The number of aliphatic hydroxyl groups is 1. The average molecular weight is 180 g/mol. The molecule has 3 heteroatoms. The molecule has 1 rings (SSSR count). The Morgan fingerprint density at radius 3 is 2.77 bits per heavy atom. The normalized spacial score (nSPS) is 22.2. The summed E-state index contributed by atoms with van der Waals surface area (Å²) in [5, 5.41) is 8.90. The Kier molecular flexibility index (Phi) is 3.14. The van der Waals surface area contributed by atoms with Gasteiger partial charge in [0.25, 0.3) is 0 Å². The lowest BCUT2D eigenvalue weighted by atomic mass is 10.0. The maximum atomic E-state index is 11.3. The number of carbonyl (C=O) groups excluding carboxylic acids is 2. The molecule has 0 spiro atoms. The number of hydrogen-bond donors (Lipinski definition) is 1. The van der Waals surface area contributed by atoms with Crippen LogP contribution >= 0.6 is 0 Å². The first-order valence-corrected chi connectivity index (χ1v) is 4.17. The minimum Gasteiger partial charge on any atom is -0.396 e. The third-order valence-corrected chi connectivity index (χ3v) is 2.25. The van der Waals surface area contributed by atoms with E-state index in [2.05, 4.69) is 6.58 Å². The zero-order chi connectivity index (χ0) is 9.84. The predicted octanol–water partition coefficient (Wildman–Crippen LogP) is 0.639. The third kappa shape index (κ3) is 1.75. The highest BCUT2D eigenvalue weighted by atomic mass is 16.3. The molecule has 0 fully saturated rings. The van der Waals surface area contributed by atoms with Crippen LogP contribution in [0.4, 0.5) is 0 Å². The predicted molar refractivity (Wildman–Crippen MR) is 48.1 cm³/mol. The highest BCUT2D eigenvalue weighted by Gasteiger charge is 2.30. The summed E-state index contributed by atoms with van der Waals surface area (Å²) >= 11 is 0. The van der Waals surface area contributed by atoms with E-state index in [1.165, 1.54) is 0 Å². The van der Waals surface area contributed by atoms with Gasteiger partial charge in [-0.2, -0.15) is 0 Å². The number of carbonyl (C=O) groups is 2. The van der Waals surface area contributed by atoms with E-state index in [-0.39, 0.29) is 24.7 Å². The lowest BCUT2D eigenvalue weighted by Crippen LogP contribution is -2.06. The Labute approximate surface area is 76.8 Å². The number of ketones is 1. The molecule has 3 nitrogen and oxygen atoms in total. The van der Waals surface area contributed by atoms with Crippen molar-refractivity contribution in [2.45, 2.75) is 12.8 Å². The van der Waals surface area contributed by atoms with Crippen molar-refractivity contribution in [2.75, 3.05) is 6.61 Å². The summed E-state index contributed by atoms with van der Waals surface area (Å²) in [5.74, 6) is -0.332. The van der Waals surface area contributed by atoms with Gasteiger partial charge in [-0.3, -0.25) is 9.59 Å². The molecule has 1 N–H and O–H groups in total. The Hall–Kier alpha value is -1.22. The third-order valence-electron chi connectivity index (χ3n) is 2.25. The van der Waals surface area contributed by atoms with E-state index in [0.29, 0.717) is 23.9 Å². The van der Waals surface area contributed by atoms with Crippen LogP contribution in [0.25, 0.3) is 0 Å². The molecule has 0 aromatic heterocycles. The molecule has 0 amide bonds. The van der Waals surface area contributed by atoms with Crippen LogP contribution in [0, 0.1) is 5.92 Å². The van der Waals surface area contributed by atoms with Crippen molar-refractivity contribution in [1.29, 1.82) is 0 Å². The molecule has 1 aliphatic rings. The summed E-state index contributed by atoms with van der Waals surface area (Å²) in [5.41, 5.74) is 0.969. The number of Topliss-reactive ketones (excluding diaryl/α,β-unsaturated/α-hetero) is 1. The van der Waals surface area contributed by atoms with Gasteiger partial charge in [-0.05, 0) is 6.42 Å². The lowest BCUT2D eigenvalue weighted by molar-refractivity contribution is -0.115. The fourth-order valence-electron chi connectivity index (χ4n) is 1.57. The summed E-state index contributed by atoms with van der Waals surface area (Å²) in [4.78, 5) is 22.0. The molecule has 0 bridgehead atoms. The Morgan fingerprint density at radius 2 is 2.31 bits per heavy atom. The van der Waals surface area contributed by atoms with Gasteiger partial charge >= 0.3 is 0 Å². The second kappa shape index (κ2) is 4.14. The van der Waals surface area contributed by atoms with E-state index in [0.717, 1.165) is 0 Å². The fourth-order valence-corrected chi connectivity index (χ4v) is 1.57. The topological polar surface area (TPSA) is 54.4 Å². The molecule has 1 aliphatic carbocycles. The molecular weight excluding hydrogens is 168 g/mol. The smallest absolute Gasteiger partial charge is 0.160 e. The van der Waals surface area contributed by atoms with E-state index in [4.69, 9.17) is 5.11 Å². The van der Waals surface area contributed by atoms with Crippen molar-refractivity contribution in [3.63, 3.8) is 0 Å². The highest BCUT2D eigenvalue weighted by Crippen LogP contribution is 2.29. The van der Waals surface area contributed by atoms with Crippen LogP contribution in [-0.2, 0) is 9.59 Å². The zero-order valence-corrected chi connectivity index (χ0v) is 7.32. The van der Waals surface area contributed by atoms with Crippen LogP contribution in [0.3, 0.4) is 0 Å². The van der Waals surface area contributed by atoms with E-state index >= 15 is 0 Å². The average Bonchev–Trinajstić information content (AvgIpc) is 2.44. The number of aldehydes is 1. The molecule has 1 atom stereocenters. The van der Waals surface area contributed by atoms with Crippen molar-refractivity contribution in [3.8, 4) is 0 Å². The molecule has 0 aromatic rings. The number of aliphatic hydroxyl groups excluding tert-OH is 1. The quantitative estimate of drug-likeness (QED) is 0.510. The summed E-state index contributed by atoms with van der Waals surface area (Å²) in [6, 6.07) is 0. The monoisotopic (exact) mass is 180 g/mol. The van der Waals surface area contributed by atoms with Crippen LogP contribution in [0.1, 0.15) is 12.8 Å². The van der Waals surface area contributed by atoms with E-state index < -0.39 is 0 Å². The molecule has 0 aromatic carbocycles. The lowest BCUT2D eigenvalue weighted by Gasteiger charge is -2.03.